The van der Waals surface area contributed by atoms with E-state index in [4.69, 9.17) is 4.42 Å². The number of furan rings is 1. The van der Waals surface area contributed by atoms with E-state index in [-0.39, 0.29) is 30.6 Å². The maximum absolute atomic E-state index is 12.7. The van der Waals surface area contributed by atoms with Crippen molar-refractivity contribution in [2.24, 2.45) is 0 Å². The summed E-state index contributed by atoms with van der Waals surface area (Å²) in [5, 5.41) is 5.25. The molecule has 2 rings (SSSR count). The Bertz CT molecular complexity index is 635. The fraction of sp³-hybridized carbons (Fsp3) is 0.200. The number of nitrogens with one attached hydrogen (secondary N) is 2. The topological polar surface area (TPSA) is 71.3 Å². The average Bonchev–Trinajstić information content (AvgIpc) is 2.87. The van der Waals surface area contributed by atoms with E-state index in [1.165, 1.54) is 30.5 Å². The molecule has 1 aromatic carbocycles. The summed E-state index contributed by atoms with van der Waals surface area (Å²) >= 11 is 0. The average molecular weight is 290 g/mol. The Labute approximate surface area is 121 Å². The number of benzene rings is 1. The van der Waals surface area contributed by atoms with Gasteiger partial charge in [-0.3, -0.25) is 9.59 Å². The van der Waals surface area contributed by atoms with Crippen LogP contribution in [0.5, 0.6) is 0 Å². The number of hydrogen-bond donors (Lipinski definition) is 2. The molecule has 0 radical (unpaired) electrons. The third kappa shape index (κ3) is 4.17. The first-order valence-electron chi connectivity index (χ1n) is 6.44. The first-order chi connectivity index (χ1) is 10.1. The number of amides is 2. The monoisotopic (exact) mass is 290 g/mol. The maximum atomic E-state index is 12.7. The molecule has 2 aromatic rings. The molecule has 0 atom stereocenters. The van der Waals surface area contributed by atoms with E-state index >= 15 is 0 Å². The van der Waals surface area contributed by atoms with Gasteiger partial charge in [0.05, 0.1) is 11.8 Å². The van der Waals surface area contributed by atoms with Gasteiger partial charge in [0, 0.05) is 18.7 Å². The molecule has 0 saturated carbocycles. The molecule has 0 bridgehead atoms. The van der Waals surface area contributed by atoms with E-state index in [9.17, 15) is 14.0 Å². The highest BCUT2D eigenvalue weighted by molar-refractivity contribution is 5.96. The molecule has 6 heteroatoms. The molecule has 0 aliphatic carbocycles. The van der Waals surface area contributed by atoms with Crippen LogP contribution in [-0.4, -0.2) is 18.4 Å². The van der Waals surface area contributed by atoms with Crippen molar-refractivity contribution in [2.75, 3.05) is 11.9 Å². The maximum Gasteiger partial charge on any atom is 0.254 e. The summed E-state index contributed by atoms with van der Waals surface area (Å²) in [7, 11) is 0. The molecule has 1 aromatic heterocycles. The molecule has 0 spiro atoms. The number of hydrogen-bond acceptors (Lipinski definition) is 3. The largest absolute Gasteiger partial charge is 0.469 e. The first kappa shape index (κ1) is 14.8. The lowest BCUT2D eigenvalue weighted by atomic mass is 10.2. The van der Waals surface area contributed by atoms with Crippen LogP contribution in [0.15, 0.2) is 41.0 Å². The van der Waals surface area contributed by atoms with Crippen LogP contribution in [0.4, 0.5) is 10.1 Å². The molecule has 1 heterocycles. The summed E-state index contributed by atoms with van der Waals surface area (Å²) in [5.74, 6) is -0.374. The van der Waals surface area contributed by atoms with Crippen molar-refractivity contribution >= 4 is 17.5 Å². The number of halogens is 1. The van der Waals surface area contributed by atoms with E-state index in [1.54, 1.807) is 13.0 Å². The molecular weight excluding hydrogens is 275 g/mol. The van der Waals surface area contributed by atoms with E-state index in [0.29, 0.717) is 17.0 Å². The minimum absolute atomic E-state index is 0.125. The highest BCUT2D eigenvalue weighted by Crippen LogP contribution is 2.09. The standard InChI is InChI=1S/C15H15FN2O3/c1-10-13(7-9-21-10)15(20)17-8-6-14(19)18-12-4-2-11(16)3-5-12/h2-5,7,9H,6,8H2,1H3,(H,17,20)(H,18,19). The second-order valence-electron chi connectivity index (χ2n) is 4.45. The molecule has 0 aliphatic heterocycles. The number of rotatable bonds is 5. The van der Waals surface area contributed by atoms with Crippen LogP contribution in [0.2, 0.25) is 0 Å². The van der Waals surface area contributed by atoms with Crippen LogP contribution in [0.25, 0.3) is 0 Å². The summed E-state index contributed by atoms with van der Waals surface area (Å²) < 4.78 is 17.7. The lowest BCUT2D eigenvalue weighted by Crippen LogP contribution is -2.27. The zero-order chi connectivity index (χ0) is 15.2. The van der Waals surface area contributed by atoms with Crippen LogP contribution in [0, 0.1) is 12.7 Å². The molecule has 2 N–H and O–H groups in total. The van der Waals surface area contributed by atoms with Crippen molar-refractivity contribution in [3.8, 4) is 0 Å². The lowest BCUT2D eigenvalue weighted by molar-refractivity contribution is -0.116. The van der Waals surface area contributed by atoms with Gasteiger partial charge in [0.25, 0.3) is 5.91 Å². The summed E-state index contributed by atoms with van der Waals surface area (Å²) in [4.78, 5) is 23.4. The third-order valence-electron chi connectivity index (χ3n) is 2.87. The molecule has 0 fully saturated rings. The van der Waals surface area contributed by atoms with Gasteiger partial charge in [-0.1, -0.05) is 0 Å². The zero-order valence-electron chi connectivity index (χ0n) is 11.5. The highest BCUT2D eigenvalue weighted by atomic mass is 19.1. The lowest BCUT2D eigenvalue weighted by Gasteiger charge is -2.06. The van der Waals surface area contributed by atoms with Gasteiger partial charge in [0.1, 0.15) is 11.6 Å². The van der Waals surface area contributed by atoms with Crippen LogP contribution in [-0.2, 0) is 4.79 Å². The minimum Gasteiger partial charge on any atom is -0.469 e. The van der Waals surface area contributed by atoms with Crippen molar-refractivity contribution in [3.05, 3.63) is 53.7 Å². The minimum atomic E-state index is -0.365. The van der Waals surface area contributed by atoms with E-state index in [1.807, 2.05) is 0 Å². The quantitative estimate of drug-likeness (QED) is 0.888. The van der Waals surface area contributed by atoms with Crippen molar-refractivity contribution in [2.45, 2.75) is 13.3 Å². The van der Waals surface area contributed by atoms with Crippen LogP contribution < -0.4 is 10.6 Å². The van der Waals surface area contributed by atoms with Crippen LogP contribution >= 0.6 is 0 Å². The van der Waals surface area contributed by atoms with Gasteiger partial charge in [-0.15, -0.1) is 0 Å². The number of anilines is 1. The molecular formula is C15H15FN2O3. The van der Waals surface area contributed by atoms with Gasteiger partial charge < -0.3 is 15.1 Å². The molecule has 0 unspecified atom stereocenters. The fourth-order valence-corrected chi connectivity index (χ4v) is 1.76. The molecule has 0 aliphatic rings. The summed E-state index contributed by atoms with van der Waals surface area (Å²) in [6.07, 6.45) is 1.56. The van der Waals surface area contributed by atoms with Crippen LogP contribution in [0.1, 0.15) is 22.5 Å². The van der Waals surface area contributed by atoms with Gasteiger partial charge in [0.2, 0.25) is 5.91 Å². The molecule has 110 valence electrons. The molecule has 2 amide bonds. The number of carbonyl (C=O) groups excluding carboxylic acids is 2. The Morgan fingerprint density at radius 2 is 1.90 bits per heavy atom. The van der Waals surface area contributed by atoms with Crippen molar-refractivity contribution in [1.82, 2.24) is 5.32 Å². The van der Waals surface area contributed by atoms with Crippen molar-refractivity contribution in [3.63, 3.8) is 0 Å². The predicted molar refractivity (Wildman–Crippen MR) is 75.4 cm³/mol. The highest BCUT2D eigenvalue weighted by Gasteiger charge is 2.11. The van der Waals surface area contributed by atoms with Gasteiger partial charge in [-0.25, -0.2) is 4.39 Å². The molecule has 5 nitrogen and oxygen atoms in total. The Kier molecular flexibility index (Phi) is 4.71. The summed E-state index contributed by atoms with van der Waals surface area (Å²) in [6, 6.07) is 7.04. The smallest absolute Gasteiger partial charge is 0.254 e. The van der Waals surface area contributed by atoms with Gasteiger partial charge in [0.15, 0.2) is 0 Å². The number of aryl methyl sites for hydroxylation is 1. The third-order valence-corrected chi connectivity index (χ3v) is 2.87. The number of carbonyl (C=O) groups is 2. The first-order valence-corrected chi connectivity index (χ1v) is 6.44. The second kappa shape index (κ2) is 6.69. The Morgan fingerprint density at radius 3 is 2.52 bits per heavy atom. The van der Waals surface area contributed by atoms with Crippen molar-refractivity contribution < 1.29 is 18.4 Å². The van der Waals surface area contributed by atoms with Gasteiger partial charge >= 0.3 is 0 Å². The summed E-state index contributed by atoms with van der Waals surface area (Å²) in [6.45, 7) is 1.90. The Morgan fingerprint density at radius 1 is 1.19 bits per heavy atom. The SMILES string of the molecule is Cc1occc1C(=O)NCCC(=O)Nc1ccc(F)cc1. The molecule has 0 saturated heterocycles. The van der Waals surface area contributed by atoms with Gasteiger partial charge in [-0.05, 0) is 37.3 Å². The van der Waals surface area contributed by atoms with Gasteiger partial charge in [-0.2, -0.15) is 0 Å². The Balaban J connectivity index is 1.76. The predicted octanol–water partition coefficient (Wildman–Crippen LogP) is 2.49. The van der Waals surface area contributed by atoms with E-state index in [0.717, 1.165) is 0 Å². The fourth-order valence-electron chi connectivity index (χ4n) is 1.76. The van der Waals surface area contributed by atoms with E-state index in [2.05, 4.69) is 10.6 Å². The van der Waals surface area contributed by atoms with E-state index < -0.39 is 0 Å². The zero-order valence-corrected chi connectivity index (χ0v) is 11.5. The van der Waals surface area contributed by atoms with Crippen molar-refractivity contribution in [1.29, 1.82) is 0 Å². The molecule has 21 heavy (non-hydrogen) atoms. The second-order valence-corrected chi connectivity index (χ2v) is 4.45. The normalized spacial score (nSPS) is 10.2. The Hall–Kier alpha value is -2.63. The van der Waals surface area contributed by atoms with Crippen LogP contribution in [0.3, 0.4) is 0 Å². The summed E-state index contributed by atoms with van der Waals surface area (Å²) in [5.41, 5.74) is 0.965.